The monoisotopic (exact) mass is 385 g/mol. The van der Waals surface area contributed by atoms with Gasteiger partial charge in [-0.25, -0.2) is 0 Å². The summed E-state index contributed by atoms with van der Waals surface area (Å²) in [6.45, 7) is 2.78. The molecule has 0 radical (unpaired) electrons. The fraction of sp³-hybridized carbons (Fsp3) is 0.154. The van der Waals surface area contributed by atoms with Crippen LogP contribution in [-0.2, 0) is 6.54 Å². The Bertz CT molecular complexity index is 1020. The predicted molar refractivity (Wildman–Crippen MR) is 120 cm³/mol. The highest BCUT2D eigenvalue weighted by atomic mass is 16.5. The highest BCUT2D eigenvalue weighted by Crippen LogP contribution is 2.27. The molecule has 0 unspecified atom stereocenters. The molecule has 0 aliphatic carbocycles. The van der Waals surface area contributed by atoms with Crippen molar-refractivity contribution in [1.82, 2.24) is 5.32 Å². The molecule has 4 aromatic rings. The molecular formula is C26H27NO2. The summed E-state index contributed by atoms with van der Waals surface area (Å²) in [7, 11) is 1.66. The SMILES string of the molecule is COc1ccccc1.C[C@H](NCc1c(O)ccc2ccccc12)c1ccccc1. The average molecular weight is 386 g/mol. The Morgan fingerprint density at radius 1 is 0.793 bits per heavy atom. The van der Waals surface area contributed by atoms with Crippen molar-refractivity contribution in [3.63, 3.8) is 0 Å². The fourth-order valence-corrected chi connectivity index (χ4v) is 3.18. The fourth-order valence-electron chi connectivity index (χ4n) is 3.18. The van der Waals surface area contributed by atoms with Crippen molar-refractivity contribution < 1.29 is 9.84 Å². The van der Waals surface area contributed by atoms with Gasteiger partial charge in [-0.15, -0.1) is 0 Å². The van der Waals surface area contributed by atoms with Crippen LogP contribution >= 0.6 is 0 Å². The lowest BCUT2D eigenvalue weighted by atomic mass is 10.0. The van der Waals surface area contributed by atoms with E-state index in [1.807, 2.05) is 66.7 Å². The van der Waals surface area contributed by atoms with Gasteiger partial charge < -0.3 is 15.2 Å². The Balaban J connectivity index is 0.000000252. The van der Waals surface area contributed by atoms with E-state index < -0.39 is 0 Å². The zero-order valence-corrected chi connectivity index (χ0v) is 16.9. The van der Waals surface area contributed by atoms with E-state index in [9.17, 15) is 5.11 Å². The van der Waals surface area contributed by atoms with Gasteiger partial charge in [-0.05, 0) is 41.5 Å². The maximum absolute atomic E-state index is 10.2. The van der Waals surface area contributed by atoms with Crippen LogP contribution in [0.1, 0.15) is 24.1 Å². The molecule has 148 valence electrons. The van der Waals surface area contributed by atoms with Crippen molar-refractivity contribution >= 4 is 10.8 Å². The topological polar surface area (TPSA) is 41.5 Å². The second-order valence-electron chi connectivity index (χ2n) is 6.81. The van der Waals surface area contributed by atoms with Gasteiger partial charge in [0.25, 0.3) is 0 Å². The van der Waals surface area contributed by atoms with Crippen LogP contribution in [0.2, 0.25) is 0 Å². The molecule has 0 saturated heterocycles. The zero-order chi connectivity index (χ0) is 20.5. The van der Waals surface area contributed by atoms with E-state index in [0.717, 1.165) is 22.1 Å². The lowest BCUT2D eigenvalue weighted by Crippen LogP contribution is -2.18. The minimum absolute atomic E-state index is 0.240. The van der Waals surface area contributed by atoms with Gasteiger partial charge in [0.2, 0.25) is 0 Å². The van der Waals surface area contributed by atoms with Crippen molar-refractivity contribution in [2.45, 2.75) is 19.5 Å². The molecule has 0 heterocycles. The van der Waals surface area contributed by atoms with E-state index in [-0.39, 0.29) is 6.04 Å². The molecule has 0 aromatic heterocycles. The molecule has 3 heteroatoms. The summed E-state index contributed by atoms with van der Waals surface area (Å²) >= 11 is 0. The smallest absolute Gasteiger partial charge is 0.120 e. The standard InChI is InChI=1S/C19H19NO.C7H8O/c1-14(15-7-3-2-4-8-15)20-13-18-17-10-6-5-9-16(17)11-12-19(18)21;1-8-7-5-3-2-4-6-7/h2-12,14,20-21H,13H2,1H3;2-6H,1H3/t14-;/m0./s1. The van der Waals surface area contributed by atoms with Gasteiger partial charge in [-0.2, -0.15) is 0 Å². The first-order valence-corrected chi connectivity index (χ1v) is 9.76. The van der Waals surface area contributed by atoms with Crippen LogP contribution in [0, 0.1) is 0 Å². The summed E-state index contributed by atoms with van der Waals surface area (Å²) in [5.41, 5.74) is 2.20. The maximum atomic E-state index is 10.2. The summed E-state index contributed by atoms with van der Waals surface area (Å²) in [5.74, 6) is 1.26. The molecule has 1 atom stereocenters. The number of aromatic hydroxyl groups is 1. The number of phenolic OH excluding ortho intramolecular Hbond substituents is 1. The molecule has 0 bridgehead atoms. The van der Waals surface area contributed by atoms with Crippen LogP contribution < -0.4 is 10.1 Å². The number of hydrogen-bond donors (Lipinski definition) is 2. The number of fused-ring (bicyclic) bond motifs is 1. The first kappa shape index (κ1) is 20.4. The van der Waals surface area contributed by atoms with Crippen molar-refractivity contribution in [2.24, 2.45) is 0 Å². The van der Waals surface area contributed by atoms with E-state index >= 15 is 0 Å². The van der Waals surface area contributed by atoms with E-state index in [2.05, 4.69) is 36.5 Å². The zero-order valence-electron chi connectivity index (χ0n) is 16.9. The minimum atomic E-state index is 0.240. The molecule has 0 saturated carbocycles. The Morgan fingerprint density at radius 3 is 2.07 bits per heavy atom. The van der Waals surface area contributed by atoms with Crippen LogP contribution in [-0.4, -0.2) is 12.2 Å². The van der Waals surface area contributed by atoms with E-state index in [0.29, 0.717) is 12.3 Å². The molecule has 2 N–H and O–H groups in total. The van der Waals surface area contributed by atoms with Crippen molar-refractivity contribution in [2.75, 3.05) is 7.11 Å². The Hall–Kier alpha value is -3.30. The van der Waals surface area contributed by atoms with Crippen molar-refractivity contribution in [3.8, 4) is 11.5 Å². The van der Waals surface area contributed by atoms with Gasteiger partial charge in [0.05, 0.1) is 7.11 Å². The number of phenols is 1. The van der Waals surface area contributed by atoms with Crippen LogP contribution in [0.4, 0.5) is 0 Å². The summed E-state index contributed by atoms with van der Waals surface area (Å²) in [4.78, 5) is 0. The summed E-state index contributed by atoms with van der Waals surface area (Å²) in [6, 6.07) is 32.1. The number of nitrogens with one attached hydrogen (secondary N) is 1. The number of benzene rings is 4. The second kappa shape index (κ2) is 10.3. The van der Waals surface area contributed by atoms with Gasteiger partial charge in [0, 0.05) is 18.2 Å². The Labute approximate surface area is 172 Å². The van der Waals surface area contributed by atoms with E-state index in [1.54, 1.807) is 13.2 Å². The largest absolute Gasteiger partial charge is 0.508 e. The van der Waals surface area contributed by atoms with Gasteiger partial charge in [0.15, 0.2) is 0 Å². The first-order chi connectivity index (χ1) is 14.2. The highest BCUT2D eigenvalue weighted by molar-refractivity contribution is 5.87. The molecular weight excluding hydrogens is 358 g/mol. The van der Waals surface area contributed by atoms with Crippen LogP contribution in [0.25, 0.3) is 10.8 Å². The molecule has 0 spiro atoms. The first-order valence-electron chi connectivity index (χ1n) is 9.76. The molecule has 3 nitrogen and oxygen atoms in total. The molecule has 0 aliphatic rings. The Morgan fingerprint density at radius 2 is 1.41 bits per heavy atom. The third kappa shape index (κ3) is 5.59. The minimum Gasteiger partial charge on any atom is -0.508 e. The van der Waals surface area contributed by atoms with E-state index in [4.69, 9.17) is 4.74 Å². The van der Waals surface area contributed by atoms with Gasteiger partial charge in [-0.1, -0.05) is 78.9 Å². The third-order valence-electron chi connectivity index (χ3n) is 4.88. The van der Waals surface area contributed by atoms with E-state index in [1.165, 1.54) is 5.56 Å². The summed E-state index contributed by atoms with van der Waals surface area (Å²) in [6.07, 6.45) is 0. The molecule has 0 aliphatic heterocycles. The molecule has 4 rings (SSSR count). The van der Waals surface area contributed by atoms with Crippen LogP contribution in [0.3, 0.4) is 0 Å². The molecule has 29 heavy (non-hydrogen) atoms. The third-order valence-corrected chi connectivity index (χ3v) is 4.88. The summed E-state index contributed by atoms with van der Waals surface area (Å²) < 4.78 is 4.91. The van der Waals surface area contributed by atoms with Crippen molar-refractivity contribution in [1.29, 1.82) is 0 Å². The number of methoxy groups -OCH3 is 1. The normalized spacial score (nSPS) is 11.4. The summed E-state index contributed by atoms with van der Waals surface area (Å²) in [5, 5.41) is 15.9. The quantitative estimate of drug-likeness (QED) is 0.437. The average Bonchev–Trinajstić information content (AvgIpc) is 2.80. The number of rotatable bonds is 5. The van der Waals surface area contributed by atoms with Gasteiger partial charge >= 0.3 is 0 Å². The molecule has 0 amide bonds. The number of ether oxygens (including phenoxy) is 1. The number of hydrogen-bond acceptors (Lipinski definition) is 3. The Kier molecular flexibility index (Phi) is 7.26. The second-order valence-corrected chi connectivity index (χ2v) is 6.81. The van der Waals surface area contributed by atoms with Crippen molar-refractivity contribution in [3.05, 3.63) is 108 Å². The molecule has 4 aromatic carbocycles. The predicted octanol–water partition coefficient (Wildman–Crippen LogP) is 6.09. The lowest BCUT2D eigenvalue weighted by Gasteiger charge is -2.16. The van der Waals surface area contributed by atoms with Gasteiger partial charge in [-0.3, -0.25) is 0 Å². The van der Waals surface area contributed by atoms with Gasteiger partial charge in [0.1, 0.15) is 11.5 Å². The van der Waals surface area contributed by atoms with Crippen LogP contribution in [0.15, 0.2) is 97.1 Å². The highest BCUT2D eigenvalue weighted by Gasteiger charge is 2.09. The molecule has 0 fully saturated rings. The number of para-hydroxylation sites is 1. The van der Waals surface area contributed by atoms with Crippen LogP contribution in [0.5, 0.6) is 11.5 Å². The lowest BCUT2D eigenvalue weighted by molar-refractivity contribution is 0.415. The maximum Gasteiger partial charge on any atom is 0.120 e.